The van der Waals surface area contributed by atoms with Gasteiger partial charge < -0.3 is 9.47 Å². The smallest absolute Gasteiger partial charge is 0.324 e. The van der Waals surface area contributed by atoms with E-state index in [9.17, 15) is 14.4 Å². The molecule has 0 aromatic rings. The van der Waals surface area contributed by atoms with Gasteiger partial charge in [0.15, 0.2) is 11.2 Å². The predicted octanol–water partition coefficient (Wildman–Crippen LogP) is 3.38. The number of esters is 2. The summed E-state index contributed by atoms with van der Waals surface area (Å²) in [4.78, 5) is 36.0. The summed E-state index contributed by atoms with van der Waals surface area (Å²) in [5, 5.41) is 0. The first-order valence-corrected chi connectivity index (χ1v) is 8.33. The summed E-state index contributed by atoms with van der Waals surface area (Å²) in [5.74, 6) is 4.04. The van der Waals surface area contributed by atoms with E-state index in [1.54, 1.807) is 6.92 Å². The van der Waals surface area contributed by atoms with Crippen LogP contribution < -0.4 is 0 Å². The molecule has 5 nitrogen and oxygen atoms in total. The lowest BCUT2D eigenvalue weighted by atomic mass is 9.79. The number of hydrogen-bond donors (Lipinski definition) is 0. The molecule has 0 fully saturated rings. The Morgan fingerprint density at radius 3 is 2.20 bits per heavy atom. The average Bonchev–Trinajstić information content (AvgIpc) is 2.58. The molecule has 0 N–H and O–H groups in total. The Hall–Kier alpha value is -2.35. The highest BCUT2D eigenvalue weighted by Crippen LogP contribution is 2.32. The van der Waals surface area contributed by atoms with Crippen molar-refractivity contribution in [3.8, 4) is 11.8 Å². The molecule has 0 aliphatic carbocycles. The van der Waals surface area contributed by atoms with Gasteiger partial charge in [0, 0.05) is 12.8 Å². The van der Waals surface area contributed by atoms with Crippen LogP contribution in [0.5, 0.6) is 0 Å². The first-order valence-electron chi connectivity index (χ1n) is 8.33. The lowest BCUT2D eigenvalue weighted by molar-refractivity contribution is -0.168. The van der Waals surface area contributed by atoms with Gasteiger partial charge in [-0.3, -0.25) is 14.4 Å². The van der Waals surface area contributed by atoms with E-state index in [4.69, 9.17) is 9.47 Å². The number of unbranched alkanes of at least 4 members (excludes halogenated alkanes) is 2. The van der Waals surface area contributed by atoms with Gasteiger partial charge in [-0.15, -0.1) is 6.58 Å². The molecule has 25 heavy (non-hydrogen) atoms. The van der Waals surface area contributed by atoms with Crippen molar-refractivity contribution in [3.05, 3.63) is 24.3 Å². The van der Waals surface area contributed by atoms with Gasteiger partial charge in [-0.05, 0) is 31.9 Å². The van der Waals surface area contributed by atoms with E-state index in [1.807, 2.05) is 0 Å². The lowest BCUT2D eigenvalue weighted by Gasteiger charge is -2.26. The Labute approximate surface area is 150 Å². The minimum atomic E-state index is -1.54. The minimum absolute atomic E-state index is 0.0110. The molecule has 0 saturated heterocycles. The Kier molecular flexibility index (Phi) is 10.9. The third-order valence-electron chi connectivity index (χ3n) is 3.63. The first-order chi connectivity index (χ1) is 11.8. The van der Waals surface area contributed by atoms with E-state index < -0.39 is 17.4 Å². The van der Waals surface area contributed by atoms with Crippen molar-refractivity contribution in [3.63, 3.8) is 0 Å². The van der Waals surface area contributed by atoms with Crippen molar-refractivity contribution >= 4 is 17.7 Å². The molecule has 0 aliphatic heterocycles. The van der Waals surface area contributed by atoms with Gasteiger partial charge in [-0.25, -0.2) is 0 Å². The Morgan fingerprint density at radius 1 is 1.12 bits per heavy atom. The van der Waals surface area contributed by atoms with E-state index in [-0.39, 0.29) is 18.6 Å². The summed E-state index contributed by atoms with van der Waals surface area (Å²) in [7, 11) is 2.42. The Balaban J connectivity index is 5.11. The Bertz CT molecular complexity index is 559. The summed E-state index contributed by atoms with van der Waals surface area (Å²) >= 11 is 0. The van der Waals surface area contributed by atoms with Gasteiger partial charge in [0.1, 0.15) is 0 Å². The number of rotatable bonds is 10. The largest absolute Gasteiger partial charge is 0.468 e. The predicted molar refractivity (Wildman–Crippen MR) is 96.6 cm³/mol. The third-order valence-corrected chi connectivity index (χ3v) is 3.63. The van der Waals surface area contributed by atoms with Gasteiger partial charge in [0.25, 0.3) is 0 Å². The highest BCUT2D eigenvalue weighted by Gasteiger charge is 2.47. The number of ether oxygens (including phenoxy) is 2. The molecule has 0 radical (unpaired) electrons. The third kappa shape index (κ3) is 7.84. The molecule has 0 bridgehead atoms. The van der Waals surface area contributed by atoms with Gasteiger partial charge in [-0.1, -0.05) is 37.2 Å². The quantitative estimate of drug-likeness (QED) is 0.151. The normalized spacial score (nSPS) is 10.7. The fourth-order valence-corrected chi connectivity index (χ4v) is 2.37. The summed E-state index contributed by atoms with van der Waals surface area (Å²) in [6.45, 7) is 7.54. The molecular weight excluding hydrogens is 320 g/mol. The summed E-state index contributed by atoms with van der Waals surface area (Å²) in [6, 6.07) is 0. The number of methoxy groups -OCH3 is 2. The first kappa shape index (κ1) is 22.6. The van der Waals surface area contributed by atoms with E-state index in [0.717, 1.165) is 19.3 Å². The zero-order valence-corrected chi connectivity index (χ0v) is 15.6. The van der Waals surface area contributed by atoms with Crippen LogP contribution in [-0.2, 0) is 23.9 Å². The number of hydrogen-bond acceptors (Lipinski definition) is 5. The molecule has 5 heteroatoms. The van der Waals surface area contributed by atoms with Crippen LogP contribution in [0.25, 0.3) is 0 Å². The van der Waals surface area contributed by atoms with Crippen LogP contribution in [0, 0.1) is 17.3 Å². The zero-order valence-electron chi connectivity index (χ0n) is 15.6. The molecule has 0 atom stereocenters. The second-order valence-corrected chi connectivity index (χ2v) is 5.95. The maximum atomic E-state index is 12.2. The van der Waals surface area contributed by atoms with Gasteiger partial charge in [-0.2, -0.15) is 0 Å². The minimum Gasteiger partial charge on any atom is -0.468 e. The molecule has 0 aromatic carbocycles. The molecule has 0 amide bonds. The van der Waals surface area contributed by atoms with E-state index >= 15 is 0 Å². The van der Waals surface area contributed by atoms with Gasteiger partial charge in [0.2, 0.25) is 0 Å². The SMILES string of the molecule is C=C(C)CC(CC#C/C=C/C(=O)CCCCC)(C(=O)OC)C(=O)OC. The molecule has 0 unspecified atom stereocenters. The van der Waals surface area contributed by atoms with Crippen molar-refractivity contribution < 1.29 is 23.9 Å². The molecule has 0 spiro atoms. The fraction of sp³-hybridized carbons (Fsp3) is 0.550. The maximum absolute atomic E-state index is 12.2. The van der Waals surface area contributed by atoms with Crippen molar-refractivity contribution in [2.45, 2.75) is 52.4 Å². The van der Waals surface area contributed by atoms with Crippen LogP contribution in [0.3, 0.4) is 0 Å². The fourth-order valence-electron chi connectivity index (χ4n) is 2.37. The van der Waals surface area contributed by atoms with Crippen LogP contribution in [-0.4, -0.2) is 31.9 Å². The number of allylic oxidation sites excluding steroid dienone is 3. The maximum Gasteiger partial charge on any atom is 0.324 e. The standard InChI is InChI=1S/C20H28O5/c1-6-7-9-12-17(21)13-10-8-11-14-20(15-16(2)3,18(22)24-4)19(23)25-5/h10,13H,2,6-7,9,12,14-15H2,1,3-5H3/b13-10+. The highest BCUT2D eigenvalue weighted by molar-refractivity contribution is 6.00. The zero-order chi connectivity index (χ0) is 19.3. The second-order valence-electron chi connectivity index (χ2n) is 5.95. The van der Waals surface area contributed by atoms with Crippen LogP contribution in [0.1, 0.15) is 52.4 Å². The van der Waals surface area contributed by atoms with Gasteiger partial charge in [0.05, 0.1) is 14.2 Å². The molecule has 0 rings (SSSR count). The monoisotopic (exact) mass is 348 g/mol. The van der Waals surface area contributed by atoms with Gasteiger partial charge >= 0.3 is 11.9 Å². The Morgan fingerprint density at radius 2 is 1.72 bits per heavy atom. The number of carbonyl (C=O) groups excluding carboxylic acids is 3. The lowest BCUT2D eigenvalue weighted by Crippen LogP contribution is -2.41. The number of ketones is 1. The average molecular weight is 348 g/mol. The molecular formula is C20H28O5. The van der Waals surface area contributed by atoms with Crippen molar-refractivity contribution in [2.75, 3.05) is 14.2 Å². The second kappa shape index (κ2) is 12.1. The summed E-state index contributed by atoms with van der Waals surface area (Å²) < 4.78 is 9.54. The van der Waals surface area contributed by atoms with Crippen LogP contribution in [0.2, 0.25) is 0 Å². The molecule has 0 aliphatic rings. The van der Waals surface area contributed by atoms with E-state index in [0.29, 0.717) is 12.0 Å². The van der Waals surface area contributed by atoms with E-state index in [1.165, 1.54) is 26.4 Å². The van der Waals surface area contributed by atoms with Crippen molar-refractivity contribution in [1.82, 2.24) is 0 Å². The van der Waals surface area contributed by atoms with Crippen LogP contribution in [0.15, 0.2) is 24.3 Å². The van der Waals surface area contributed by atoms with Crippen molar-refractivity contribution in [1.29, 1.82) is 0 Å². The number of carbonyl (C=O) groups is 3. The van der Waals surface area contributed by atoms with Crippen LogP contribution >= 0.6 is 0 Å². The molecule has 0 saturated carbocycles. The topological polar surface area (TPSA) is 69.7 Å². The highest BCUT2D eigenvalue weighted by atomic mass is 16.5. The van der Waals surface area contributed by atoms with E-state index in [2.05, 4.69) is 25.3 Å². The van der Waals surface area contributed by atoms with Crippen LogP contribution in [0.4, 0.5) is 0 Å². The summed E-state index contributed by atoms with van der Waals surface area (Å²) in [5.41, 5.74) is -0.902. The molecule has 0 aromatic heterocycles. The van der Waals surface area contributed by atoms with Crippen molar-refractivity contribution in [2.24, 2.45) is 5.41 Å². The molecule has 0 heterocycles. The molecule has 138 valence electrons. The summed E-state index contributed by atoms with van der Waals surface area (Å²) in [6.07, 6.45) is 6.30.